The largest absolute Gasteiger partial charge is 0.482 e. The third-order valence-electron chi connectivity index (χ3n) is 2.16. The molecule has 0 heterocycles. The third kappa shape index (κ3) is 5.66. The number of benzene rings is 1. The number of hydrogen-bond donors (Lipinski definition) is 1. The van der Waals surface area contributed by atoms with Crippen LogP contribution in [-0.2, 0) is 18.6 Å². The molecule has 9 heteroatoms. The second kappa shape index (κ2) is 7.82. The van der Waals surface area contributed by atoms with Crippen LogP contribution < -0.4 is 10.1 Å². The van der Waals surface area contributed by atoms with Gasteiger partial charge in [-0.15, -0.1) is 0 Å². The summed E-state index contributed by atoms with van der Waals surface area (Å²) in [6.45, 7) is 0.412. The van der Waals surface area contributed by atoms with Crippen molar-refractivity contribution in [1.29, 1.82) is 0 Å². The predicted molar refractivity (Wildman–Crippen MR) is 77.6 cm³/mol. The van der Waals surface area contributed by atoms with E-state index >= 15 is 0 Å². The monoisotopic (exact) mass is 385 g/mol. The maximum absolute atomic E-state index is 11.4. The molecule has 112 valence electrons. The fourth-order valence-electron chi connectivity index (χ4n) is 1.28. The van der Waals surface area contributed by atoms with Crippen molar-refractivity contribution >= 4 is 41.6 Å². The molecule has 0 aliphatic carbocycles. The van der Waals surface area contributed by atoms with Gasteiger partial charge in [-0.05, 0) is 18.2 Å². The van der Waals surface area contributed by atoms with Crippen molar-refractivity contribution in [2.45, 2.75) is 4.90 Å². The number of hydrogen-bond acceptors (Lipinski definition) is 5. The minimum absolute atomic E-state index is 0.0186. The Morgan fingerprint density at radius 2 is 2.15 bits per heavy atom. The molecule has 0 aliphatic rings. The molecule has 1 aromatic carbocycles. The second-order valence-electron chi connectivity index (χ2n) is 3.66. The molecule has 0 spiro atoms. The van der Waals surface area contributed by atoms with Crippen molar-refractivity contribution in [2.24, 2.45) is 0 Å². The Morgan fingerprint density at radius 1 is 1.45 bits per heavy atom. The zero-order valence-electron chi connectivity index (χ0n) is 10.6. The van der Waals surface area contributed by atoms with Gasteiger partial charge in [-0.1, -0.05) is 15.9 Å². The Hall–Kier alpha value is -0.830. The van der Waals surface area contributed by atoms with Gasteiger partial charge in [0.05, 0.1) is 6.61 Å². The molecule has 6 nitrogen and oxygen atoms in total. The van der Waals surface area contributed by atoms with Crippen LogP contribution in [0.5, 0.6) is 5.75 Å². The van der Waals surface area contributed by atoms with Gasteiger partial charge in [0.2, 0.25) is 0 Å². The van der Waals surface area contributed by atoms with E-state index in [0.717, 1.165) is 0 Å². The van der Waals surface area contributed by atoms with Crippen LogP contribution >= 0.6 is 26.6 Å². The highest BCUT2D eigenvalue weighted by Crippen LogP contribution is 2.29. The second-order valence-corrected chi connectivity index (χ2v) is 7.11. The van der Waals surface area contributed by atoms with Crippen LogP contribution in [0.2, 0.25) is 0 Å². The lowest BCUT2D eigenvalue weighted by molar-refractivity contribution is -0.123. The lowest BCUT2D eigenvalue weighted by Crippen LogP contribution is -2.31. The summed E-state index contributed by atoms with van der Waals surface area (Å²) in [5.74, 6) is -0.368. The summed E-state index contributed by atoms with van der Waals surface area (Å²) in [5, 5.41) is 2.54. The molecule has 0 radical (unpaired) electrons. The Balaban J connectivity index is 2.71. The number of rotatable bonds is 7. The first-order valence-electron chi connectivity index (χ1n) is 5.47. The average molecular weight is 387 g/mol. The molecule has 1 N–H and O–H groups in total. The van der Waals surface area contributed by atoms with E-state index in [1.807, 2.05) is 0 Å². The number of carbonyl (C=O) groups excluding carboxylic acids is 1. The normalized spacial score (nSPS) is 11.2. The maximum atomic E-state index is 11.4. The SMILES string of the molecule is COCCNC(=O)COc1ccc(Br)cc1S(=O)(=O)Cl. The standard InChI is InChI=1S/C11H13BrClNO5S/c1-18-5-4-14-11(15)7-19-9-3-2-8(12)6-10(9)20(13,16)17/h2-3,6H,4-5,7H2,1H3,(H,14,15). The molecule has 0 aromatic heterocycles. The van der Waals surface area contributed by atoms with Gasteiger partial charge in [-0.3, -0.25) is 4.79 Å². The summed E-state index contributed by atoms with van der Waals surface area (Å²) in [5.41, 5.74) is 0. The summed E-state index contributed by atoms with van der Waals surface area (Å²) in [7, 11) is 2.86. The third-order valence-corrected chi connectivity index (χ3v) is 3.99. The molecule has 1 rings (SSSR count). The average Bonchev–Trinajstić information content (AvgIpc) is 2.36. The fraction of sp³-hybridized carbons (Fsp3) is 0.364. The molecule has 0 saturated carbocycles. The van der Waals surface area contributed by atoms with Crippen LogP contribution in [-0.4, -0.2) is 41.2 Å². The van der Waals surface area contributed by atoms with Crippen molar-refractivity contribution < 1.29 is 22.7 Å². The minimum Gasteiger partial charge on any atom is -0.482 e. The van der Waals surface area contributed by atoms with Crippen LogP contribution in [0.1, 0.15) is 0 Å². The van der Waals surface area contributed by atoms with Gasteiger partial charge in [0, 0.05) is 28.8 Å². The van der Waals surface area contributed by atoms with E-state index in [-0.39, 0.29) is 23.2 Å². The lowest BCUT2D eigenvalue weighted by Gasteiger charge is -2.10. The predicted octanol–water partition coefficient (Wildman–Crippen LogP) is 1.52. The molecule has 0 unspecified atom stereocenters. The van der Waals surface area contributed by atoms with E-state index in [9.17, 15) is 13.2 Å². The van der Waals surface area contributed by atoms with Gasteiger partial charge < -0.3 is 14.8 Å². The van der Waals surface area contributed by atoms with Crippen LogP contribution in [0.4, 0.5) is 0 Å². The first-order valence-corrected chi connectivity index (χ1v) is 8.57. The van der Waals surface area contributed by atoms with E-state index in [2.05, 4.69) is 21.2 Å². The highest BCUT2D eigenvalue weighted by molar-refractivity contribution is 9.10. The zero-order valence-corrected chi connectivity index (χ0v) is 13.7. The van der Waals surface area contributed by atoms with Gasteiger partial charge in [-0.2, -0.15) is 0 Å². The van der Waals surface area contributed by atoms with Crippen LogP contribution in [0.15, 0.2) is 27.6 Å². The van der Waals surface area contributed by atoms with Gasteiger partial charge >= 0.3 is 0 Å². The Bertz CT molecular complexity index is 578. The number of nitrogens with one attached hydrogen (secondary N) is 1. The Kier molecular flexibility index (Phi) is 6.74. The van der Waals surface area contributed by atoms with Crippen molar-refractivity contribution in [3.63, 3.8) is 0 Å². The minimum atomic E-state index is -3.96. The van der Waals surface area contributed by atoms with E-state index < -0.39 is 9.05 Å². The Morgan fingerprint density at radius 3 is 2.75 bits per heavy atom. The van der Waals surface area contributed by atoms with Gasteiger partial charge in [0.25, 0.3) is 15.0 Å². The van der Waals surface area contributed by atoms with Crippen molar-refractivity contribution in [2.75, 3.05) is 26.9 Å². The van der Waals surface area contributed by atoms with Crippen LogP contribution in [0, 0.1) is 0 Å². The summed E-state index contributed by atoms with van der Waals surface area (Å²) in [6.07, 6.45) is 0. The molecule has 0 saturated heterocycles. The molecule has 1 amide bonds. The number of carbonyl (C=O) groups is 1. The molecule has 0 bridgehead atoms. The van der Waals surface area contributed by atoms with E-state index in [1.165, 1.54) is 19.2 Å². The number of halogens is 2. The van der Waals surface area contributed by atoms with E-state index in [1.54, 1.807) is 6.07 Å². The molecule has 0 atom stereocenters. The number of ether oxygens (including phenoxy) is 2. The maximum Gasteiger partial charge on any atom is 0.265 e. The fourth-order valence-corrected chi connectivity index (χ4v) is 2.79. The number of methoxy groups -OCH3 is 1. The molecule has 1 aromatic rings. The van der Waals surface area contributed by atoms with Gasteiger partial charge in [0.1, 0.15) is 10.6 Å². The summed E-state index contributed by atoms with van der Waals surface area (Å²) >= 11 is 3.14. The highest BCUT2D eigenvalue weighted by Gasteiger charge is 2.18. The topological polar surface area (TPSA) is 81.7 Å². The zero-order chi connectivity index (χ0) is 15.2. The molecular weight excluding hydrogens is 374 g/mol. The van der Waals surface area contributed by atoms with Crippen molar-refractivity contribution in [3.05, 3.63) is 22.7 Å². The quantitative estimate of drug-likeness (QED) is 0.567. The Labute approximate surface area is 129 Å². The molecule has 20 heavy (non-hydrogen) atoms. The smallest absolute Gasteiger partial charge is 0.265 e. The van der Waals surface area contributed by atoms with Gasteiger partial charge in [0.15, 0.2) is 6.61 Å². The van der Waals surface area contributed by atoms with E-state index in [4.69, 9.17) is 20.2 Å². The molecule has 0 fully saturated rings. The van der Waals surface area contributed by atoms with Crippen molar-refractivity contribution in [1.82, 2.24) is 5.32 Å². The first-order chi connectivity index (χ1) is 9.34. The van der Waals surface area contributed by atoms with Crippen LogP contribution in [0.25, 0.3) is 0 Å². The number of amides is 1. The highest BCUT2D eigenvalue weighted by atomic mass is 79.9. The summed E-state index contributed by atoms with van der Waals surface area (Å²) in [4.78, 5) is 11.2. The summed E-state index contributed by atoms with van der Waals surface area (Å²) in [6, 6.07) is 4.31. The van der Waals surface area contributed by atoms with E-state index in [0.29, 0.717) is 17.6 Å². The molecule has 0 aliphatic heterocycles. The van der Waals surface area contributed by atoms with Crippen LogP contribution in [0.3, 0.4) is 0 Å². The van der Waals surface area contributed by atoms with Crippen molar-refractivity contribution in [3.8, 4) is 5.75 Å². The molecular formula is C11H13BrClNO5S. The summed E-state index contributed by atoms with van der Waals surface area (Å²) < 4.78 is 33.3. The van der Waals surface area contributed by atoms with Gasteiger partial charge in [-0.25, -0.2) is 8.42 Å². The lowest BCUT2D eigenvalue weighted by atomic mass is 10.3. The first kappa shape index (κ1) is 17.2.